The van der Waals surface area contributed by atoms with Crippen LogP contribution in [0.15, 0.2) is 35.0 Å². The third kappa shape index (κ3) is 3.54. The van der Waals surface area contributed by atoms with E-state index in [2.05, 4.69) is 15.2 Å². The Hall–Kier alpha value is -2.67. The Labute approximate surface area is 168 Å². The van der Waals surface area contributed by atoms with Crippen LogP contribution >= 0.6 is 11.6 Å². The standard InChI is InChI=1S/C20H22ClN5O2/c1-3-18-17(11-22-26(18)16-8-4-7-15(21)10-16)20(27)25-9-5-6-14(12-25)19-23-13(2)24-28-19/h4,7-8,10-11,14H,3,5-6,9,12H2,1-2H3/t14-/m0/s1. The van der Waals surface area contributed by atoms with E-state index in [0.29, 0.717) is 41.8 Å². The van der Waals surface area contributed by atoms with Crippen molar-refractivity contribution in [2.75, 3.05) is 13.1 Å². The van der Waals surface area contributed by atoms with Crippen molar-refractivity contribution in [2.45, 2.75) is 39.0 Å². The first-order valence-corrected chi connectivity index (χ1v) is 9.87. The highest BCUT2D eigenvalue weighted by molar-refractivity contribution is 6.30. The summed E-state index contributed by atoms with van der Waals surface area (Å²) in [7, 11) is 0. The zero-order valence-electron chi connectivity index (χ0n) is 15.9. The molecule has 0 unspecified atom stereocenters. The van der Waals surface area contributed by atoms with Crippen LogP contribution in [0.1, 0.15) is 53.5 Å². The summed E-state index contributed by atoms with van der Waals surface area (Å²) in [6, 6.07) is 7.47. The van der Waals surface area contributed by atoms with E-state index in [-0.39, 0.29) is 11.8 Å². The molecule has 1 aliphatic heterocycles. The molecule has 3 aromatic rings. The van der Waals surface area contributed by atoms with Gasteiger partial charge in [-0.1, -0.05) is 29.7 Å². The average Bonchev–Trinajstić information content (AvgIpc) is 3.33. The van der Waals surface area contributed by atoms with E-state index in [4.69, 9.17) is 16.1 Å². The molecule has 8 heteroatoms. The van der Waals surface area contributed by atoms with Gasteiger partial charge in [0.05, 0.1) is 29.1 Å². The Kier molecular flexibility index (Phi) is 5.17. The molecule has 1 aromatic carbocycles. The largest absolute Gasteiger partial charge is 0.339 e. The van der Waals surface area contributed by atoms with E-state index in [1.807, 2.05) is 36.1 Å². The van der Waals surface area contributed by atoms with Gasteiger partial charge in [-0.15, -0.1) is 0 Å². The molecule has 0 N–H and O–H groups in total. The molecule has 0 spiro atoms. The molecule has 1 saturated heterocycles. The number of carbonyl (C=O) groups is 1. The summed E-state index contributed by atoms with van der Waals surface area (Å²) in [4.78, 5) is 19.5. The van der Waals surface area contributed by atoms with Crippen LogP contribution in [-0.4, -0.2) is 43.8 Å². The van der Waals surface area contributed by atoms with Crippen LogP contribution < -0.4 is 0 Å². The van der Waals surface area contributed by atoms with Gasteiger partial charge in [-0.05, 0) is 44.4 Å². The lowest BCUT2D eigenvalue weighted by Crippen LogP contribution is -2.39. The summed E-state index contributed by atoms with van der Waals surface area (Å²) in [5.74, 6) is 1.30. The number of aryl methyl sites for hydroxylation is 1. The lowest BCUT2D eigenvalue weighted by Gasteiger charge is -2.31. The number of aromatic nitrogens is 4. The van der Waals surface area contributed by atoms with Crippen LogP contribution in [0.5, 0.6) is 0 Å². The van der Waals surface area contributed by atoms with E-state index in [9.17, 15) is 4.79 Å². The lowest BCUT2D eigenvalue weighted by molar-refractivity contribution is 0.0694. The fraction of sp³-hybridized carbons (Fsp3) is 0.400. The van der Waals surface area contributed by atoms with Crippen molar-refractivity contribution in [3.8, 4) is 5.69 Å². The molecule has 7 nitrogen and oxygen atoms in total. The summed E-state index contributed by atoms with van der Waals surface area (Å²) in [5, 5.41) is 8.98. The van der Waals surface area contributed by atoms with E-state index in [1.165, 1.54) is 0 Å². The first-order chi connectivity index (χ1) is 13.6. The van der Waals surface area contributed by atoms with E-state index in [0.717, 1.165) is 24.2 Å². The van der Waals surface area contributed by atoms with E-state index in [1.54, 1.807) is 17.8 Å². The van der Waals surface area contributed by atoms with Crippen molar-refractivity contribution in [3.05, 3.63) is 58.5 Å². The second kappa shape index (κ2) is 7.75. The minimum absolute atomic E-state index is 0.00827. The summed E-state index contributed by atoms with van der Waals surface area (Å²) in [6.45, 7) is 5.12. The van der Waals surface area contributed by atoms with Crippen molar-refractivity contribution in [1.29, 1.82) is 0 Å². The van der Waals surface area contributed by atoms with Gasteiger partial charge < -0.3 is 9.42 Å². The molecule has 0 bridgehead atoms. The van der Waals surface area contributed by atoms with Gasteiger partial charge >= 0.3 is 0 Å². The van der Waals surface area contributed by atoms with Gasteiger partial charge in [-0.25, -0.2) is 4.68 Å². The van der Waals surface area contributed by atoms with Crippen molar-refractivity contribution in [1.82, 2.24) is 24.8 Å². The zero-order chi connectivity index (χ0) is 19.7. The Morgan fingerprint density at radius 3 is 2.96 bits per heavy atom. The molecule has 1 atom stereocenters. The van der Waals surface area contributed by atoms with Crippen LogP contribution in [0.4, 0.5) is 0 Å². The molecule has 1 amide bonds. The van der Waals surface area contributed by atoms with E-state index < -0.39 is 0 Å². The average molecular weight is 400 g/mol. The number of amides is 1. The van der Waals surface area contributed by atoms with Crippen molar-refractivity contribution in [2.24, 2.45) is 0 Å². The normalized spacial score (nSPS) is 17.1. The lowest BCUT2D eigenvalue weighted by atomic mass is 9.97. The highest BCUT2D eigenvalue weighted by Crippen LogP contribution is 2.28. The van der Waals surface area contributed by atoms with Crippen LogP contribution in [-0.2, 0) is 6.42 Å². The molecule has 146 valence electrons. The predicted octanol–water partition coefficient (Wildman–Crippen LogP) is 3.80. The number of carbonyl (C=O) groups excluding carboxylic acids is 1. The second-order valence-electron chi connectivity index (χ2n) is 7.02. The number of hydrogen-bond donors (Lipinski definition) is 0. The Bertz CT molecular complexity index is 996. The quantitative estimate of drug-likeness (QED) is 0.666. The molecule has 4 rings (SSSR count). The Morgan fingerprint density at radius 2 is 2.25 bits per heavy atom. The zero-order valence-corrected chi connectivity index (χ0v) is 16.7. The van der Waals surface area contributed by atoms with Crippen LogP contribution in [0.25, 0.3) is 5.69 Å². The number of likely N-dealkylation sites (tertiary alicyclic amines) is 1. The fourth-order valence-electron chi connectivity index (χ4n) is 3.74. The molecule has 1 fully saturated rings. The molecule has 0 saturated carbocycles. The molecule has 28 heavy (non-hydrogen) atoms. The number of rotatable bonds is 4. The van der Waals surface area contributed by atoms with Gasteiger partial charge in [-0.2, -0.15) is 10.1 Å². The minimum atomic E-state index is -0.00827. The van der Waals surface area contributed by atoms with Crippen LogP contribution in [0.3, 0.4) is 0 Å². The number of halogens is 1. The number of hydrogen-bond acceptors (Lipinski definition) is 5. The highest BCUT2D eigenvalue weighted by atomic mass is 35.5. The SMILES string of the molecule is CCc1c(C(=O)N2CCC[C@H](c3nc(C)no3)C2)cnn1-c1cccc(Cl)c1. The van der Waals surface area contributed by atoms with Crippen molar-refractivity contribution >= 4 is 17.5 Å². The third-order valence-corrected chi connectivity index (χ3v) is 5.32. The maximum atomic E-state index is 13.3. The predicted molar refractivity (Wildman–Crippen MR) is 105 cm³/mol. The molecular formula is C20H22ClN5O2. The van der Waals surface area contributed by atoms with Gasteiger partial charge in [0.1, 0.15) is 0 Å². The van der Waals surface area contributed by atoms with E-state index >= 15 is 0 Å². The molecular weight excluding hydrogens is 378 g/mol. The number of nitrogens with zero attached hydrogens (tertiary/aromatic N) is 5. The molecule has 1 aliphatic rings. The summed E-state index contributed by atoms with van der Waals surface area (Å²) < 4.78 is 7.12. The van der Waals surface area contributed by atoms with Gasteiger partial charge in [0, 0.05) is 18.1 Å². The topological polar surface area (TPSA) is 77.1 Å². The fourth-order valence-corrected chi connectivity index (χ4v) is 3.92. The summed E-state index contributed by atoms with van der Waals surface area (Å²) in [6.07, 6.45) is 4.19. The van der Waals surface area contributed by atoms with Gasteiger partial charge in [-0.3, -0.25) is 4.79 Å². The molecule has 0 radical (unpaired) electrons. The monoisotopic (exact) mass is 399 g/mol. The van der Waals surface area contributed by atoms with Gasteiger partial charge in [0.15, 0.2) is 5.82 Å². The van der Waals surface area contributed by atoms with Crippen LogP contribution in [0.2, 0.25) is 5.02 Å². The number of benzene rings is 1. The maximum Gasteiger partial charge on any atom is 0.257 e. The Morgan fingerprint density at radius 1 is 1.39 bits per heavy atom. The van der Waals surface area contributed by atoms with Crippen molar-refractivity contribution < 1.29 is 9.32 Å². The van der Waals surface area contributed by atoms with Gasteiger partial charge in [0.25, 0.3) is 5.91 Å². The summed E-state index contributed by atoms with van der Waals surface area (Å²) >= 11 is 6.12. The maximum absolute atomic E-state index is 13.3. The minimum Gasteiger partial charge on any atom is -0.339 e. The second-order valence-corrected chi connectivity index (χ2v) is 7.46. The molecule has 3 heterocycles. The summed E-state index contributed by atoms with van der Waals surface area (Å²) in [5.41, 5.74) is 2.36. The third-order valence-electron chi connectivity index (χ3n) is 5.09. The highest BCUT2D eigenvalue weighted by Gasteiger charge is 2.30. The first-order valence-electron chi connectivity index (χ1n) is 9.49. The smallest absolute Gasteiger partial charge is 0.257 e. The van der Waals surface area contributed by atoms with Crippen LogP contribution in [0, 0.1) is 6.92 Å². The van der Waals surface area contributed by atoms with Crippen molar-refractivity contribution in [3.63, 3.8) is 0 Å². The van der Waals surface area contributed by atoms with Gasteiger partial charge in [0.2, 0.25) is 5.89 Å². The first kappa shape index (κ1) is 18.7. The number of piperidine rings is 1. The Balaban J connectivity index is 1.59. The molecule has 2 aromatic heterocycles. The molecule has 0 aliphatic carbocycles.